The summed E-state index contributed by atoms with van der Waals surface area (Å²) in [6.45, 7) is 2.88. The molecule has 0 unspecified atom stereocenters. The molecule has 3 fully saturated rings. The van der Waals surface area contributed by atoms with E-state index < -0.39 is 5.79 Å². The molecule has 3 aliphatic heterocycles. The van der Waals surface area contributed by atoms with Crippen molar-refractivity contribution in [2.75, 3.05) is 44.9 Å². The molecule has 8 heteroatoms. The van der Waals surface area contributed by atoms with Crippen LogP contribution in [0, 0.1) is 0 Å². The van der Waals surface area contributed by atoms with E-state index in [0.29, 0.717) is 57.9 Å². The quantitative estimate of drug-likeness (QED) is 0.863. The molecule has 3 heterocycles. The first-order valence-electron chi connectivity index (χ1n) is 9.36. The van der Waals surface area contributed by atoms with Gasteiger partial charge in [0.05, 0.1) is 26.4 Å². The molecule has 0 radical (unpaired) electrons. The van der Waals surface area contributed by atoms with E-state index in [1.165, 1.54) is 0 Å². The van der Waals surface area contributed by atoms with E-state index >= 15 is 0 Å². The van der Waals surface area contributed by atoms with Gasteiger partial charge in [0.15, 0.2) is 5.79 Å². The Kier molecular flexibility index (Phi) is 4.92. The topological polar surface area (TPSA) is 80.3 Å². The summed E-state index contributed by atoms with van der Waals surface area (Å²) in [5.74, 6) is 0.203. The molecule has 146 valence electrons. The molecular weight excluding hydrogens is 350 g/mol. The summed E-state index contributed by atoms with van der Waals surface area (Å²) in [6, 6.07) is 7.05. The van der Waals surface area contributed by atoms with Crippen LogP contribution >= 0.6 is 0 Å². The summed E-state index contributed by atoms with van der Waals surface area (Å²) < 4.78 is 16.6. The number of likely N-dealkylation sites (tertiary alicyclic amines) is 1. The molecule has 0 saturated carbocycles. The molecule has 0 aliphatic carbocycles. The molecule has 27 heavy (non-hydrogen) atoms. The van der Waals surface area contributed by atoms with Crippen LogP contribution in [-0.2, 0) is 14.3 Å². The lowest BCUT2D eigenvalue weighted by molar-refractivity contribution is -0.181. The zero-order valence-electron chi connectivity index (χ0n) is 15.5. The fraction of sp³-hybridized carbons (Fsp3) is 0.579. The molecule has 1 N–H and O–H groups in total. The number of benzene rings is 1. The van der Waals surface area contributed by atoms with Gasteiger partial charge in [-0.05, 0) is 12.1 Å². The average Bonchev–Trinajstić information content (AvgIpc) is 3.29. The summed E-state index contributed by atoms with van der Waals surface area (Å²) >= 11 is 0. The molecule has 3 aliphatic rings. The third-order valence-corrected chi connectivity index (χ3v) is 5.44. The molecule has 3 saturated heterocycles. The van der Waals surface area contributed by atoms with Crippen LogP contribution < -0.4 is 15.0 Å². The van der Waals surface area contributed by atoms with Crippen molar-refractivity contribution in [3.8, 4) is 5.75 Å². The number of anilines is 1. The molecule has 0 bridgehead atoms. The highest BCUT2D eigenvalue weighted by Gasteiger charge is 2.41. The predicted molar refractivity (Wildman–Crippen MR) is 97.7 cm³/mol. The monoisotopic (exact) mass is 375 g/mol. The number of urea groups is 1. The third kappa shape index (κ3) is 3.72. The molecule has 1 atom stereocenters. The van der Waals surface area contributed by atoms with Crippen molar-refractivity contribution in [2.24, 2.45) is 0 Å². The van der Waals surface area contributed by atoms with Gasteiger partial charge < -0.3 is 29.3 Å². The maximum Gasteiger partial charge on any atom is 0.317 e. The lowest BCUT2D eigenvalue weighted by Crippen LogP contribution is -2.52. The highest BCUT2D eigenvalue weighted by atomic mass is 16.7. The first-order chi connectivity index (χ1) is 13.1. The van der Waals surface area contributed by atoms with Gasteiger partial charge in [-0.1, -0.05) is 6.07 Å². The van der Waals surface area contributed by atoms with Crippen molar-refractivity contribution < 1.29 is 23.8 Å². The number of rotatable bonds is 3. The SMILES string of the molecule is COc1cccc(N2C[C@@H](NC(=O)N3CCC4(CC3)OCCO4)CC2=O)c1. The van der Waals surface area contributed by atoms with E-state index in [4.69, 9.17) is 14.2 Å². The van der Waals surface area contributed by atoms with E-state index in [-0.39, 0.29) is 18.0 Å². The summed E-state index contributed by atoms with van der Waals surface area (Å²) in [7, 11) is 1.60. The summed E-state index contributed by atoms with van der Waals surface area (Å²) in [6.07, 6.45) is 1.66. The predicted octanol–water partition coefficient (Wildman–Crippen LogP) is 1.35. The number of ether oxygens (including phenoxy) is 3. The Bertz CT molecular complexity index is 709. The minimum absolute atomic E-state index is 0.00101. The van der Waals surface area contributed by atoms with Crippen LogP contribution in [0.25, 0.3) is 0 Å². The Balaban J connectivity index is 1.32. The number of piperidine rings is 1. The Morgan fingerprint density at radius 3 is 2.70 bits per heavy atom. The molecule has 1 aromatic carbocycles. The average molecular weight is 375 g/mol. The first-order valence-corrected chi connectivity index (χ1v) is 9.36. The fourth-order valence-electron chi connectivity index (χ4n) is 3.93. The first kappa shape index (κ1) is 18.1. The third-order valence-electron chi connectivity index (χ3n) is 5.44. The van der Waals surface area contributed by atoms with E-state index in [1.54, 1.807) is 16.9 Å². The normalized spacial score (nSPS) is 24.5. The molecule has 3 amide bonds. The van der Waals surface area contributed by atoms with Gasteiger partial charge in [0.2, 0.25) is 5.91 Å². The Morgan fingerprint density at radius 1 is 1.26 bits per heavy atom. The van der Waals surface area contributed by atoms with Crippen molar-refractivity contribution in [2.45, 2.75) is 31.1 Å². The minimum atomic E-state index is -0.497. The Hall–Kier alpha value is -2.32. The molecule has 1 aromatic rings. The number of carbonyl (C=O) groups excluding carboxylic acids is 2. The lowest BCUT2D eigenvalue weighted by Gasteiger charge is -2.37. The van der Waals surface area contributed by atoms with Crippen LogP contribution in [0.3, 0.4) is 0 Å². The smallest absolute Gasteiger partial charge is 0.317 e. The summed E-state index contributed by atoms with van der Waals surface area (Å²) in [5.41, 5.74) is 0.784. The van der Waals surface area contributed by atoms with Gasteiger partial charge in [0.1, 0.15) is 5.75 Å². The largest absolute Gasteiger partial charge is 0.497 e. The minimum Gasteiger partial charge on any atom is -0.497 e. The van der Waals surface area contributed by atoms with Crippen LogP contribution in [0.1, 0.15) is 19.3 Å². The van der Waals surface area contributed by atoms with Gasteiger partial charge in [0.25, 0.3) is 0 Å². The molecule has 0 aromatic heterocycles. The summed E-state index contributed by atoms with van der Waals surface area (Å²) in [5, 5.41) is 3.00. The molecule has 8 nitrogen and oxygen atoms in total. The number of nitrogens with one attached hydrogen (secondary N) is 1. The van der Waals surface area contributed by atoms with Crippen molar-refractivity contribution >= 4 is 17.6 Å². The highest BCUT2D eigenvalue weighted by molar-refractivity contribution is 5.97. The standard InChI is InChI=1S/C19H25N3O5/c1-25-16-4-2-3-15(12-16)22-13-14(11-17(22)23)20-18(24)21-7-5-19(6-8-21)26-9-10-27-19/h2-4,12,14H,5-11,13H2,1H3,(H,20,24)/t14-/m0/s1. The van der Waals surface area contributed by atoms with Gasteiger partial charge in [-0.3, -0.25) is 4.79 Å². The second-order valence-electron chi connectivity index (χ2n) is 7.15. The van der Waals surface area contributed by atoms with Crippen molar-refractivity contribution in [1.82, 2.24) is 10.2 Å². The van der Waals surface area contributed by atoms with Gasteiger partial charge in [-0.25, -0.2) is 4.79 Å². The van der Waals surface area contributed by atoms with Crippen molar-refractivity contribution in [1.29, 1.82) is 0 Å². The zero-order valence-corrected chi connectivity index (χ0v) is 15.5. The van der Waals surface area contributed by atoms with Crippen molar-refractivity contribution in [3.63, 3.8) is 0 Å². The Morgan fingerprint density at radius 2 is 2.00 bits per heavy atom. The van der Waals surface area contributed by atoms with Crippen LogP contribution in [0.2, 0.25) is 0 Å². The fourth-order valence-corrected chi connectivity index (χ4v) is 3.93. The lowest BCUT2D eigenvalue weighted by atomic mass is 10.0. The van der Waals surface area contributed by atoms with Gasteiger partial charge >= 0.3 is 6.03 Å². The number of nitrogens with zero attached hydrogens (tertiary/aromatic N) is 2. The van der Waals surface area contributed by atoms with Crippen LogP contribution in [0.5, 0.6) is 5.75 Å². The summed E-state index contributed by atoms with van der Waals surface area (Å²) in [4.78, 5) is 28.5. The van der Waals surface area contributed by atoms with E-state index in [9.17, 15) is 9.59 Å². The van der Waals surface area contributed by atoms with Gasteiger partial charge in [-0.15, -0.1) is 0 Å². The van der Waals surface area contributed by atoms with E-state index in [2.05, 4.69) is 5.32 Å². The van der Waals surface area contributed by atoms with Crippen molar-refractivity contribution in [3.05, 3.63) is 24.3 Å². The molecule has 4 rings (SSSR count). The number of methoxy groups -OCH3 is 1. The molecular formula is C19H25N3O5. The van der Waals surface area contributed by atoms with Crippen LogP contribution in [-0.4, -0.2) is 68.6 Å². The van der Waals surface area contributed by atoms with E-state index in [0.717, 1.165) is 5.69 Å². The second kappa shape index (κ2) is 7.36. The van der Waals surface area contributed by atoms with Gasteiger partial charge in [0, 0.05) is 50.7 Å². The van der Waals surface area contributed by atoms with Gasteiger partial charge in [-0.2, -0.15) is 0 Å². The molecule has 1 spiro atoms. The van der Waals surface area contributed by atoms with E-state index in [1.807, 2.05) is 24.3 Å². The maximum absolute atomic E-state index is 12.6. The maximum atomic E-state index is 12.6. The number of carbonyl (C=O) groups is 2. The second-order valence-corrected chi connectivity index (χ2v) is 7.15. The number of hydrogen-bond acceptors (Lipinski definition) is 5. The highest BCUT2D eigenvalue weighted by Crippen LogP contribution is 2.31. The van der Waals surface area contributed by atoms with Crippen LogP contribution in [0.15, 0.2) is 24.3 Å². The number of hydrogen-bond donors (Lipinski definition) is 1. The zero-order chi connectivity index (χ0) is 18.9. The van der Waals surface area contributed by atoms with Crippen LogP contribution in [0.4, 0.5) is 10.5 Å². The number of amides is 3. The Labute approximate surface area is 158 Å².